The first-order valence-corrected chi connectivity index (χ1v) is 19.6. The monoisotopic (exact) mass is 914 g/mol. The van der Waals surface area contributed by atoms with Crippen LogP contribution in [0.25, 0.3) is 24.3 Å². The Kier molecular flexibility index (Phi) is 22.3. The smallest absolute Gasteiger partial charge is 0.414 e. The van der Waals surface area contributed by atoms with Crippen LogP contribution in [-0.2, 0) is 19.2 Å². The van der Waals surface area contributed by atoms with Crippen LogP contribution in [0.1, 0.15) is 35.1 Å². The molecule has 65 heavy (non-hydrogen) atoms. The highest BCUT2D eigenvalue weighted by Crippen LogP contribution is 2.30. The molecule has 0 bridgehead atoms. The molecule has 4 aromatic rings. The third-order valence-electron chi connectivity index (χ3n) is 8.26. The zero-order chi connectivity index (χ0) is 48.6. The first kappa shape index (κ1) is 53.3. The number of carbonyl (C=O) groups excluding carboxylic acids is 6. The molecule has 17 heteroatoms. The van der Waals surface area contributed by atoms with E-state index in [2.05, 4.69) is 0 Å². The number of methoxy groups -OCH3 is 4. The van der Waals surface area contributed by atoms with Gasteiger partial charge in [0.05, 0.1) is 41.3 Å². The van der Waals surface area contributed by atoms with Gasteiger partial charge >= 0.3 is 11.5 Å². The van der Waals surface area contributed by atoms with E-state index in [4.69, 9.17) is 35.3 Å². The van der Waals surface area contributed by atoms with Crippen molar-refractivity contribution in [3.05, 3.63) is 119 Å². The molecule has 0 atom stereocenters. The zero-order valence-corrected chi connectivity index (χ0v) is 37.8. The molecular formula is C48H51ClN2O14. The van der Waals surface area contributed by atoms with E-state index in [9.17, 15) is 44.1 Å². The van der Waals surface area contributed by atoms with Gasteiger partial charge in [0.2, 0.25) is 0 Å². The van der Waals surface area contributed by atoms with Crippen molar-refractivity contribution in [1.82, 2.24) is 9.80 Å². The lowest BCUT2D eigenvalue weighted by atomic mass is 10.1. The molecule has 0 saturated carbocycles. The van der Waals surface area contributed by atoms with Crippen LogP contribution in [0.5, 0.6) is 46.0 Å². The SMILES string of the molecule is CN(C)C(=O)Cl.COc1cc(/C=C/C(=O)CC(=O)/C=C/c2ccc(O)c(OC)c2)ccc1O.COc1cc(/C=C/C(=O)CC(=O)/C=C/c2ccc(OC(=O)N(C)C)c(OC)c2)ccc1O. The average Bonchev–Trinajstić information content (AvgIpc) is 3.28. The summed E-state index contributed by atoms with van der Waals surface area (Å²) < 4.78 is 25.5. The van der Waals surface area contributed by atoms with Crippen molar-refractivity contribution < 1.29 is 67.8 Å². The molecule has 0 fully saturated rings. The van der Waals surface area contributed by atoms with Crippen molar-refractivity contribution in [1.29, 1.82) is 0 Å². The summed E-state index contributed by atoms with van der Waals surface area (Å²) in [6.07, 6.45) is 10.3. The molecule has 0 aliphatic rings. The summed E-state index contributed by atoms with van der Waals surface area (Å²) in [4.78, 5) is 72.2. The summed E-state index contributed by atoms with van der Waals surface area (Å²) in [5.74, 6) is 0.0488. The number of amides is 2. The number of ether oxygens (including phenoxy) is 5. The van der Waals surface area contributed by atoms with Crippen LogP contribution >= 0.6 is 11.6 Å². The van der Waals surface area contributed by atoms with E-state index < -0.39 is 11.5 Å². The van der Waals surface area contributed by atoms with Crippen molar-refractivity contribution in [2.45, 2.75) is 12.8 Å². The summed E-state index contributed by atoms with van der Waals surface area (Å²) in [5.41, 5.74) is 2.62. The molecule has 2 amide bonds. The number of ketones is 4. The number of benzene rings is 4. The van der Waals surface area contributed by atoms with Crippen LogP contribution in [0.2, 0.25) is 0 Å². The number of hydrogen-bond acceptors (Lipinski definition) is 14. The van der Waals surface area contributed by atoms with Gasteiger partial charge in [-0.15, -0.1) is 0 Å². The highest BCUT2D eigenvalue weighted by molar-refractivity contribution is 6.62. The minimum Gasteiger partial charge on any atom is -0.504 e. The lowest BCUT2D eigenvalue weighted by molar-refractivity contribution is -0.123. The standard InChI is InChI=1S/C24H25NO7.C21H20O6.C3H6ClNO/c1-25(2)24(29)32-21-12-8-17(14-23(21)31-4)6-10-19(27)15-18(26)9-5-16-7-11-20(28)22(13-16)30-3;1-26-20-11-14(5-9-18(20)24)3-7-16(22)13-17(23)8-4-15-6-10-19(25)21(12-15)27-2;1-5(2)3(4)6/h5-14,28H,15H2,1-4H3;3-12,24-25H,13H2,1-2H3;1-2H3/b9-5+,10-6+;7-3+,8-4+;. The summed E-state index contributed by atoms with van der Waals surface area (Å²) in [6.45, 7) is 0. The van der Waals surface area contributed by atoms with Gasteiger partial charge in [-0.1, -0.05) is 48.6 Å². The van der Waals surface area contributed by atoms with Gasteiger partial charge in [-0.25, -0.2) is 4.79 Å². The Morgan fingerprint density at radius 2 is 0.738 bits per heavy atom. The highest BCUT2D eigenvalue weighted by Gasteiger charge is 2.13. The predicted octanol–water partition coefficient (Wildman–Crippen LogP) is 8.00. The van der Waals surface area contributed by atoms with Gasteiger partial charge in [0.15, 0.2) is 69.1 Å². The molecule has 0 heterocycles. The molecule has 16 nitrogen and oxygen atoms in total. The maximum absolute atomic E-state index is 12.1. The van der Waals surface area contributed by atoms with E-state index in [1.165, 1.54) is 80.7 Å². The number of carbonyl (C=O) groups is 6. The minimum atomic E-state index is -0.543. The fourth-order valence-corrected chi connectivity index (χ4v) is 4.79. The maximum Gasteiger partial charge on any atom is 0.414 e. The van der Waals surface area contributed by atoms with E-state index in [1.54, 1.807) is 107 Å². The first-order chi connectivity index (χ1) is 30.8. The average molecular weight is 915 g/mol. The van der Waals surface area contributed by atoms with E-state index in [0.717, 1.165) is 0 Å². The van der Waals surface area contributed by atoms with Gasteiger partial charge in [0, 0.05) is 28.2 Å². The number of rotatable bonds is 17. The van der Waals surface area contributed by atoms with Crippen LogP contribution in [-0.4, -0.2) is 116 Å². The molecule has 344 valence electrons. The van der Waals surface area contributed by atoms with Gasteiger partial charge in [-0.2, -0.15) is 0 Å². The minimum absolute atomic E-state index is 0.00295. The first-order valence-electron chi connectivity index (χ1n) is 19.2. The Morgan fingerprint density at radius 1 is 0.462 bits per heavy atom. The Balaban J connectivity index is 0.000000401. The molecule has 3 N–H and O–H groups in total. The second kappa shape index (κ2) is 27.3. The number of allylic oxidation sites excluding steroid dienone is 4. The Morgan fingerprint density at radius 3 is 1.00 bits per heavy atom. The fraction of sp³-hybridized carbons (Fsp3) is 0.208. The third kappa shape index (κ3) is 19.4. The number of nitrogens with zero attached hydrogens (tertiary/aromatic N) is 2. The maximum atomic E-state index is 12.1. The van der Waals surface area contributed by atoms with Crippen molar-refractivity contribution in [2.75, 3.05) is 56.6 Å². The topological polar surface area (TPSA) is 216 Å². The normalized spacial score (nSPS) is 10.7. The summed E-state index contributed by atoms with van der Waals surface area (Å²) >= 11 is 4.90. The Bertz CT molecular complexity index is 2360. The highest BCUT2D eigenvalue weighted by atomic mass is 35.5. The van der Waals surface area contributed by atoms with Crippen LogP contribution < -0.4 is 23.7 Å². The second-order valence-corrected chi connectivity index (χ2v) is 14.0. The van der Waals surface area contributed by atoms with Crippen LogP contribution in [0.4, 0.5) is 9.59 Å². The van der Waals surface area contributed by atoms with E-state index in [-0.39, 0.29) is 64.7 Å². The largest absolute Gasteiger partial charge is 0.504 e. The number of phenolic OH excluding ortho intramolecular Hbond substituents is 3. The quantitative estimate of drug-likeness (QED) is 0.0396. The number of halogens is 1. The summed E-state index contributed by atoms with van der Waals surface area (Å²) in [7, 11) is 12.1. The Labute approximate surface area is 381 Å². The molecule has 4 aromatic carbocycles. The molecule has 0 aliphatic heterocycles. The van der Waals surface area contributed by atoms with Crippen molar-refractivity contribution in [3.8, 4) is 46.0 Å². The molecule has 4 rings (SSSR count). The van der Waals surface area contributed by atoms with Crippen molar-refractivity contribution in [3.63, 3.8) is 0 Å². The molecule has 0 radical (unpaired) electrons. The van der Waals surface area contributed by atoms with Gasteiger partial charge in [-0.3, -0.25) is 24.0 Å². The lowest BCUT2D eigenvalue weighted by Crippen LogP contribution is -2.25. The van der Waals surface area contributed by atoms with Crippen LogP contribution in [0.3, 0.4) is 0 Å². The number of phenols is 3. The van der Waals surface area contributed by atoms with Crippen LogP contribution in [0, 0.1) is 0 Å². The molecular weight excluding hydrogens is 864 g/mol. The number of hydrogen-bond donors (Lipinski definition) is 3. The molecule has 0 saturated heterocycles. The molecule has 0 spiro atoms. The Hall–Kier alpha value is -7.85. The molecule has 0 unspecified atom stereocenters. The second-order valence-electron chi connectivity index (χ2n) is 13.7. The molecule has 0 aliphatic carbocycles. The van der Waals surface area contributed by atoms with Gasteiger partial charge < -0.3 is 48.8 Å². The summed E-state index contributed by atoms with van der Waals surface area (Å²) in [5, 5.41) is 28.2. The zero-order valence-electron chi connectivity index (χ0n) is 37.1. The van der Waals surface area contributed by atoms with Gasteiger partial charge in [0.1, 0.15) is 0 Å². The van der Waals surface area contributed by atoms with Gasteiger partial charge in [-0.05, 0) is 107 Å². The van der Waals surface area contributed by atoms with E-state index in [0.29, 0.717) is 39.5 Å². The fourth-order valence-electron chi connectivity index (χ4n) is 4.79. The summed E-state index contributed by atoms with van der Waals surface area (Å²) in [6, 6.07) is 18.8. The van der Waals surface area contributed by atoms with E-state index in [1.807, 2.05) is 0 Å². The lowest BCUT2D eigenvalue weighted by Gasteiger charge is -2.13. The van der Waals surface area contributed by atoms with E-state index >= 15 is 0 Å². The molecule has 0 aromatic heterocycles. The predicted molar refractivity (Wildman–Crippen MR) is 247 cm³/mol. The number of aromatic hydroxyl groups is 3. The van der Waals surface area contributed by atoms with Crippen LogP contribution in [0.15, 0.2) is 97.1 Å². The van der Waals surface area contributed by atoms with Crippen molar-refractivity contribution in [2.24, 2.45) is 0 Å². The third-order valence-corrected chi connectivity index (χ3v) is 8.59. The van der Waals surface area contributed by atoms with Crippen molar-refractivity contribution >= 4 is 70.5 Å². The van der Waals surface area contributed by atoms with Gasteiger partial charge in [0.25, 0.3) is 0 Å².